The first kappa shape index (κ1) is 18.6. The highest BCUT2D eigenvalue weighted by atomic mass is 32.1. The first-order chi connectivity index (χ1) is 14.1. The number of ether oxygens (including phenoxy) is 1. The fraction of sp³-hybridized carbons (Fsp3) is 0.391. The number of rotatable bonds is 5. The number of hydrogen-bond donors (Lipinski definition) is 1. The molecular formula is C23H25N3O2S. The summed E-state index contributed by atoms with van der Waals surface area (Å²) in [5.74, 6) is 0.909. The average Bonchev–Trinajstić information content (AvgIpc) is 3.20. The highest BCUT2D eigenvalue weighted by molar-refractivity contribution is 7.20. The van der Waals surface area contributed by atoms with Gasteiger partial charge in [-0.05, 0) is 55.5 Å². The zero-order chi connectivity index (χ0) is 19.8. The molecule has 0 spiro atoms. The second kappa shape index (κ2) is 7.76. The van der Waals surface area contributed by atoms with Gasteiger partial charge in [-0.1, -0.05) is 35.6 Å². The highest BCUT2D eigenvalue weighted by Gasteiger charge is 2.40. The number of piperidine rings is 1. The zero-order valence-corrected chi connectivity index (χ0v) is 17.3. The summed E-state index contributed by atoms with van der Waals surface area (Å²) in [5, 5.41) is 3.80. The van der Waals surface area contributed by atoms with Gasteiger partial charge in [0.1, 0.15) is 5.75 Å². The third-order valence-electron chi connectivity index (χ3n) is 6.06. The maximum Gasteiger partial charge on any atom is 0.279 e. The highest BCUT2D eigenvalue weighted by Crippen LogP contribution is 2.37. The van der Waals surface area contributed by atoms with Crippen molar-refractivity contribution in [3.63, 3.8) is 0 Å². The largest absolute Gasteiger partial charge is 0.431 e. The van der Waals surface area contributed by atoms with Crippen LogP contribution in [0.1, 0.15) is 38.2 Å². The monoisotopic (exact) mass is 407 g/mol. The molecule has 0 saturated carbocycles. The van der Waals surface area contributed by atoms with E-state index in [4.69, 9.17) is 4.74 Å². The Labute approximate surface area is 174 Å². The van der Waals surface area contributed by atoms with Crippen molar-refractivity contribution < 1.29 is 9.53 Å². The van der Waals surface area contributed by atoms with Crippen molar-refractivity contribution in [2.45, 2.75) is 57.3 Å². The summed E-state index contributed by atoms with van der Waals surface area (Å²) in [5.41, 5.74) is 2.28. The van der Waals surface area contributed by atoms with Gasteiger partial charge in [-0.3, -0.25) is 9.69 Å². The number of thiazole rings is 1. The Hall–Kier alpha value is -2.44. The van der Waals surface area contributed by atoms with Crippen LogP contribution in [-0.2, 0) is 11.3 Å². The number of carbonyl (C=O) groups excluding carboxylic acids is 1. The van der Waals surface area contributed by atoms with Crippen molar-refractivity contribution in [3.05, 3.63) is 54.1 Å². The molecule has 29 heavy (non-hydrogen) atoms. The molecule has 2 aliphatic heterocycles. The number of carbonyl (C=O) groups is 1. The SMILES string of the molecule is CC(=O)NC1CC2CC[C@@H](C1)N2Cc1ccc(Oc2nc3ccccc3s2)cc1. The van der Waals surface area contributed by atoms with E-state index in [1.807, 2.05) is 30.3 Å². The Morgan fingerprint density at radius 3 is 2.55 bits per heavy atom. The molecule has 1 N–H and O–H groups in total. The lowest BCUT2D eigenvalue weighted by atomic mass is 9.96. The van der Waals surface area contributed by atoms with Gasteiger partial charge >= 0.3 is 0 Å². The van der Waals surface area contributed by atoms with Gasteiger partial charge in [-0.15, -0.1) is 0 Å². The maximum absolute atomic E-state index is 11.4. The van der Waals surface area contributed by atoms with Crippen molar-refractivity contribution in [3.8, 4) is 10.9 Å². The minimum absolute atomic E-state index is 0.0894. The van der Waals surface area contributed by atoms with Crippen LogP contribution in [0.25, 0.3) is 10.2 Å². The summed E-state index contributed by atoms with van der Waals surface area (Å²) in [6, 6.07) is 17.9. The molecule has 1 aromatic heterocycles. The molecule has 5 rings (SSSR count). The molecule has 6 heteroatoms. The number of benzene rings is 2. The zero-order valence-electron chi connectivity index (χ0n) is 16.5. The summed E-state index contributed by atoms with van der Waals surface area (Å²) >= 11 is 1.57. The van der Waals surface area contributed by atoms with Crippen LogP contribution in [0.3, 0.4) is 0 Å². The van der Waals surface area contributed by atoms with Gasteiger partial charge in [-0.2, -0.15) is 0 Å². The van der Waals surface area contributed by atoms with E-state index < -0.39 is 0 Å². The summed E-state index contributed by atoms with van der Waals surface area (Å²) < 4.78 is 7.10. The number of hydrogen-bond acceptors (Lipinski definition) is 5. The Bertz CT molecular complexity index is 969. The van der Waals surface area contributed by atoms with Crippen molar-refractivity contribution >= 4 is 27.5 Å². The molecule has 2 unspecified atom stereocenters. The number of nitrogens with zero attached hydrogens (tertiary/aromatic N) is 2. The van der Waals surface area contributed by atoms with Crippen molar-refractivity contribution in [1.82, 2.24) is 15.2 Å². The number of nitrogens with one attached hydrogen (secondary N) is 1. The van der Waals surface area contributed by atoms with Gasteiger partial charge in [0.05, 0.1) is 10.2 Å². The van der Waals surface area contributed by atoms with E-state index in [2.05, 4.69) is 33.4 Å². The third-order valence-corrected chi connectivity index (χ3v) is 6.97. The van der Waals surface area contributed by atoms with E-state index in [0.717, 1.165) is 35.4 Å². The van der Waals surface area contributed by atoms with E-state index in [1.165, 1.54) is 18.4 Å². The van der Waals surface area contributed by atoms with Crippen molar-refractivity contribution in [2.75, 3.05) is 0 Å². The normalized spacial score (nSPS) is 24.0. The molecule has 5 nitrogen and oxygen atoms in total. The molecule has 3 atom stereocenters. The molecule has 3 heterocycles. The van der Waals surface area contributed by atoms with Crippen molar-refractivity contribution in [2.24, 2.45) is 0 Å². The van der Waals surface area contributed by atoms with E-state index in [0.29, 0.717) is 23.3 Å². The van der Waals surface area contributed by atoms with Gasteiger partial charge in [0, 0.05) is 31.6 Å². The second-order valence-corrected chi connectivity index (χ2v) is 9.11. The van der Waals surface area contributed by atoms with E-state index >= 15 is 0 Å². The minimum atomic E-state index is 0.0894. The average molecular weight is 408 g/mol. The summed E-state index contributed by atoms with van der Waals surface area (Å²) in [4.78, 5) is 18.6. The van der Waals surface area contributed by atoms with Crippen molar-refractivity contribution in [1.29, 1.82) is 0 Å². The fourth-order valence-electron chi connectivity index (χ4n) is 4.81. The summed E-state index contributed by atoms with van der Waals surface area (Å²) in [6.07, 6.45) is 4.60. The predicted octanol–water partition coefficient (Wildman–Crippen LogP) is 4.72. The second-order valence-electron chi connectivity index (χ2n) is 8.12. The molecule has 2 saturated heterocycles. The van der Waals surface area contributed by atoms with E-state index in [-0.39, 0.29) is 5.91 Å². The summed E-state index contributed by atoms with van der Waals surface area (Å²) in [7, 11) is 0. The molecule has 1 amide bonds. The van der Waals surface area contributed by atoms with Gasteiger partial charge < -0.3 is 10.1 Å². The number of aromatic nitrogens is 1. The lowest BCUT2D eigenvalue weighted by Gasteiger charge is -2.39. The molecule has 0 radical (unpaired) electrons. The first-order valence-corrected chi connectivity index (χ1v) is 11.1. The Morgan fingerprint density at radius 1 is 1.14 bits per heavy atom. The third kappa shape index (κ3) is 4.00. The number of para-hydroxylation sites is 1. The number of amides is 1. The molecule has 2 bridgehead atoms. The lowest BCUT2D eigenvalue weighted by molar-refractivity contribution is -0.120. The minimum Gasteiger partial charge on any atom is -0.431 e. The molecule has 2 aromatic carbocycles. The van der Waals surface area contributed by atoms with Crippen LogP contribution in [0.2, 0.25) is 0 Å². The molecule has 0 aliphatic carbocycles. The summed E-state index contributed by atoms with van der Waals surface area (Å²) in [6.45, 7) is 2.58. The van der Waals surface area contributed by atoms with Crippen LogP contribution in [0, 0.1) is 0 Å². The van der Waals surface area contributed by atoms with Crippen LogP contribution < -0.4 is 10.1 Å². The fourth-order valence-corrected chi connectivity index (χ4v) is 5.64. The van der Waals surface area contributed by atoms with Gasteiger partial charge in [0.2, 0.25) is 5.91 Å². The molecule has 2 aliphatic rings. The van der Waals surface area contributed by atoms with Crippen LogP contribution in [0.4, 0.5) is 0 Å². The van der Waals surface area contributed by atoms with Crippen LogP contribution >= 0.6 is 11.3 Å². The lowest BCUT2D eigenvalue weighted by Crippen LogP contribution is -2.49. The van der Waals surface area contributed by atoms with Gasteiger partial charge in [-0.25, -0.2) is 4.98 Å². The van der Waals surface area contributed by atoms with Gasteiger partial charge in [0.25, 0.3) is 5.19 Å². The molecule has 150 valence electrons. The predicted molar refractivity (Wildman–Crippen MR) is 115 cm³/mol. The maximum atomic E-state index is 11.4. The topological polar surface area (TPSA) is 54.5 Å². The Morgan fingerprint density at radius 2 is 1.86 bits per heavy atom. The molecule has 3 aromatic rings. The van der Waals surface area contributed by atoms with E-state index in [9.17, 15) is 4.79 Å². The smallest absolute Gasteiger partial charge is 0.279 e. The quantitative estimate of drug-likeness (QED) is 0.665. The molecule has 2 fully saturated rings. The van der Waals surface area contributed by atoms with Crippen LogP contribution in [-0.4, -0.2) is 33.9 Å². The van der Waals surface area contributed by atoms with E-state index in [1.54, 1.807) is 18.3 Å². The first-order valence-electron chi connectivity index (χ1n) is 10.3. The van der Waals surface area contributed by atoms with Gasteiger partial charge in [0.15, 0.2) is 0 Å². The Kier molecular flexibility index (Phi) is 4.97. The number of fused-ring (bicyclic) bond motifs is 3. The Balaban J connectivity index is 1.22. The standard InChI is InChI=1S/C23H25N3O2S/c1-15(27)24-17-12-18-8-9-19(13-17)26(18)14-16-6-10-20(11-7-16)28-23-25-21-4-2-3-5-22(21)29-23/h2-7,10-11,17-19H,8-9,12-14H2,1H3,(H,24,27)/t17?,18-,19?/m0/s1. The molecular weight excluding hydrogens is 382 g/mol. The van der Waals surface area contributed by atoms with Crippen LogP contribution in [0.15, 0.2) is 48.5 Å². The van der Waals surface area contributed by atoms with Crippen LogP contribution in [0.5, 0.6) is 10.9 Å².